The van der Waals surface area contributed by atoms with E-state index in [0.29, 0.717) is 46.9 Å². The Labute approximate surface area is 203 Å². The number of nitrogens with one attached hydrogen (secondary N) is 2. The highest BCUT2D eigenvalue weighted by Crippen LogP contribution is 2.34. The Hall–Kier alpha value is -4.32. The van der Waals surface area contributed by atoms with E-state index in [9.17, 15) is 14.4 Å². The highest BCUT2D eigenvalue weighted by Gasteiger charge is 2.18. The number of carbonyl (C=O) groups excluding carboxylic acids is 3. The summed E-state index contributed by atoms with van der Waals surface area (Å²) in [5.41, 5.74) is 1.16. The molecule has 3 amide bonds. The summed E-state index contributed by atoms with van der Waals surface area (Å²) >= 11 is 1.23. The SMILES string of the molecule is COc1ccc(-c2nc(C(=O)OCC(=O)NC(=O)Nc3ccc4c(c3)OCCO4)cs2)cc1OC. The fourth-order valence-electron chi connectivity index (χ4n) is 3.12. The second kappa shape index (κ2) is 10.7. The lowest BCUT2D eigenvalue weighted by atomic mass is 10.2. The van der Waals surface area contributed by atoms with Crippen LogP contribution >= 0.6 is 11.3 Å². The number of methoxy groups -OCH3 is 2. The van der Waals surface area contributed by atoms with Crippen molar-refractivity contribution < 1.29 is 38.1 Å². The number of nitrogens with zero attached hydrogens (tertiary/aromatic N) is 1. The molecule has 4 rings (SSSR count). The third-order valence-electron chi connectivity index (χ3n) is 4.73. The lowest BCUT2D eigenvalue weighted by molar-refractivity contribution is -0.123. The van der Waals surface area contributed by atoms with E-state index >= 15 is 0 Å². The van der Waals surface area contributed by atoms with Crippen molar-refractivity contribution in [2.24, 2.45) is 0 Å². The minimum absolute atomic E-state index is 0.0355. The maximum Gasteiger partial charge on any atom is 0.358 e. The summed E-state index contributed by atoms with van der Waals surface area (Å²) < 4.78 is 26.3. The second-order valence-corrected chi connectivity index (χ2v) is 7.90. The van der Waals surface area contributed by atoms with Crippen LogP contribution in [0.3, 0.4) is 0 Å². The number of hydrogen-bond donors (Lipinski definition) is 2. The van der Waals surface area contributed by atoms with E-state index in [-0.39, 0.29) is 5.69 Å². The molecule has 0 unspecified atom stereocenters. The van der Waals surface area contributed by atoms with Crippen LogP contribution in [0.2, 0.25) is 0 Å². The van der Waals surface area contributed by atoms with Crippen LogP contribution in [-0.4, -0.2) is 56.9 Å². The van der Waals surface area contributed by atoms with Crippen molar-refractivity contribution in [2.45, 2.75) is 0 Å². The Bertz CT molecular complexity index is 1260. The van der Waals surface area contributed by atoms with Gasteiger partial charge in [0.1, 0.15) is 18.2 Å². The van der Waals surface area contributed by atoms with Crippen LogP contribution in [0.15, 0.2) is 41.8 Å². The van der Waals surface area contributed by atoms with Crippen LogP contribution in [-0.2, 0) is 9.53 Å². The van der Waals surface area contributed by atoms with E-state index < -0.39 is 24.5 Å². The van der Waals surface area contributed by atoms with Crippen molar-refractivity contribution in [1.82, 2.24) is 10.3 Å². The van der Waals surface area contributed by atoms with Gasteiger partial charge in [-0.2, -0.15) is 0 Å². The Morgan fingerprint density at radius 3 is 2.54 bits per heavy atom. The summed E-state index contributed by atoms with van der Waals surface area (Å²) in [4.78, 5) is 40.7. The van der Waals surface area contributed by atoms with E-state index in [1.165, 1.54) is 30.9 Å². The number of esters is 1. The first-order chi connectivity index (χ1) is 17.0. The summed E-state index contributed by atoms with van der Waals surface area (Å²) in [6, 6.07) is 9.30. The molecule has 2 aromatic carbocycles. The number of hydrogen-bond acceptors (Lipinski definition) is 10. The zero-order valence-corrected chi connectivity index (χ0v) is 19.6. The largest absolute Gasteiger partial charge is 0.493 e. The Morgan fingerprint density at radius 2 is 1.77 bits per heavy atom. The van der Waals surface area contributed by atoms with Gasteiger partial charge in [0, 0.05) is 22.7 Å². The van der Waals surface area contributed by atoms with Gasteiger partial charge in [-0.3, -0.25) is 10.1 Å². The molecule has 1 aromatic heterocycles. The van der Waals surface area contributed by atoms with Gasteiger partial charge in [0.25, 0.3) is 5.91 Å². The molecule has 2 heterocycles. The predicted octanol–water partition coefficient (Wildman–Crippen LogP) is 3.10. The quantitative estimate of drug-likeness (QED) is 0.470. The standard InChI is InChI=1S/C23H21N3O8S/c1-30-16-5-3-13(9-18(16)31-2)21-25-15(12-35-21)22(28)34-11-20(27)26-23(29)24-14-4-6-17-19(10-14)33-8-7-32-17/h3-6,9-10,12H,7-8,11H2,1-2H3,(H2,24,26,27,29). The fourth-order valence-corrected chi connectivity index (χ4v) is 3.91. The van der Waals surface area contributed by atoms with Crippen LogP contribution in [0, 0.1) is 0 Å². The highest BCUT2D eigenvalue weighted by atomic mass is 32.1. The number of anilines is 1. The average molecular weight is 500 g/mol. The number of carbonyl (C=O) groups is 3. The third-order valence-corrected chi connectivity index (χ3v) is 5.62. The minimum Gasteiger partial charge on any atom is -0.493 e. The molecule has 182 valence electrons. The van der Waals surface area contributed by atoms with Gasteiger partial charge in [0.15, 0.2) is 35.3 Å². The van der Waals surface area contributed by atoms with E-state index in [1.807, 2.05) is 0 Å². The monoisotopic (exact) mass is 499 g/mol. The molecule has 0 aliphatic carbocycles. The fraction of sp³-hybridized carbons (Fsp3) is 0.217. The van der Waals surface area contributed by atoms with Crippen LogP contribution in [0.5, 0.6) is 23.0 Å². The van der Waals surface area contributed by atoms with Crippen molar-refractivity contribution in [2.75, 3.05) is 39.4 Å². The third kappa shape index (κ3) is 5.79. The number of amides is 3. The van der Waals surface area contributed by atoms with E-state index in [2.05, 4.69) is 15.6 Å². The zero-order valence-electron chi connectivity index (χ0n) is 18.8. The van der Waals surface area contributed by atoms with Crippen LogP contribution < -0.4 is 29.6 Å². The molecular weight excluding hydrogens is 478 g/mol. The number of urea groups is 1. The molecule has 1 aliphatic rings. The molecular formula is C23H21N3O8S. The molecule has 12 heteroatoms. The van der Waals surface area contributed by atoms with E-state index in [4.69, 9.17) is 23.7 Å². The van der Waals surface area contributed by atoms with Gasteiger partial charge in [-0.05, 0) is 30.3 Å². The maximum absolute atomic E-state index is 12.3. The lowest BCUT2D eigenvalue weighted by Gasteiger charge is -2.19. The summed E-state index contributed by atoms with van der Waals surface area (Å²) in [6.07, 6.45) is 0. The number of benzene rings is 2. The van der Waals surface area contributed by atoms with Crippen LogP contribution in [0.25, 0.3) is 10.6 Å². The number of aromatic nitrogens is 1. The first-order valence-corrected chi connectivity index (χ1v) is 11.2. The maximum atomic E-state index is 12.3. The Morgan fingerprint density at radius 1 is 1.00 bits per heavy atom. The van der Waals surface area contributed by atoms with Gasteiger partial charge in [0.2, 0.25) is 0 Å². The summed E-state index contributed by atoms with van der Waals surface area (Å²) in [5, 5.41) is 6.66. The molecule has 0 spiro atoms. The number of ether oxygens (including phenoxy) is 5. The second-order valence-electron chi connectivity index (χ2n) is 7.04. The number of imide groups is 1. The lowest BCUT2D eigenvalue weighted by Crippen LogP contribution is -2.37. The zero-order chi connectivity index (χ0) is 24.8. The number of rotatable bonds is 7. The normalized spacial score (nSPS) is 11.8. The molecule has 11 nitrogen and oxygen atoms in total. The van der Waals surface area contributed by atoms with E-state index in [1.54, 1.807) is 36.4 Å². The van der Waals surface area contributed by atoms with Crippen molar-refractivity contribution in [3.8, 4) is 33.6 Å². The molecule has 0 radical (unpaired) electrons. The van der Waals surface area contributed by atoms with Gasteiger partial charge in [-0.15, -0.1) is 11.3 Å². The minimum atomic E-state index is -0.802. The molecule has 3 aromatic rings. The molecule has 0 fully saturated rings. The van der Waals surface area contributed by atoms with E-state index in [0.717, 1.165) is 5.56 Å². The summed E-state index contributed by atoms with van der Waals surface area (Å²) in [5.74, 6) is 0.553. The molecule has 0 bridgehead atoms. The van der Waals surface area contributed by atoms with Crippen molar-refractivity contribution >= 4 is 34.9 Å². The van der Waals surface area contributed by atoms with Crippen molar-refractivity contribution in [3.63, 3.8) is 0 Å². The smallest absolute Gasteiger partial charge is 0.358 e. The molecule has 0 saturated carbocycles. The van der Waals surface area contributed by atoms with Crippen LogP contribution in [0.1, 0.15) is 10.5 Å². The first-order valence-electron chi connectivity index (χ1n) is 10.3. The predicted molar refractivity (Wildman–Crippen MR) is 126 cm³/mol. The number of thiazole rings is 1. The van der Waals surface area contributed by atoms with Gasteiger partial charge < -0.3 is 29.0 Å². The topological polar surface area (TPSA) is 134 Å². The van der Waals surface area contributed by atoms with Crippen LogP contribution in [0.4, 0.5) is 10.5 Å². The van der Waals surface area contributed by atoms with Gasteiger partial charge in [-0.1, -0.05) is 0 Å². The average Bonchev–Trinajstić information content (AvgIpc) is 3.37. The first kappa shape index (κ1) is 23.8. The number of fused-ring (bicyclic) bond motifs is 1. The molecule has 0 saturated heterocycles. The molecule has 2 N–H and O–H groups in total. The molecule has 1 aliphatic heterocycles. The summed E-state index contributed by atoms with van der Waals surface area (Å²) in [6.45, 7) is 0.198. The van der Waals surface area contributed by atoms with Gasteiger partial charge >= 0.3 is 12.0 Å². The Balaban J connectivity index is 1.28. The van der Waals surface area contributed by atoms with Crippen molar-refractivity contribution in [1.29, 1.82) is 0 Å². The Kier molecular flexibility index (Phi) is 7.31. The summed E-state index contributed by atoms with van der Waals surface area (Å²) in [7, 11) is 3.06. The molecule has 0 atom stereocenters. The van der Waals surface area contributed by atoms with Gasteiger partial charge in [-0.25, -0.2) is 14.6 Å². The van der Waals surface area contributed by atoms with Gasteiger partial charge in [0.05, 0.1) is 14.2 Å². The molecule has 35 heavy (non-hydrogen) atoms. The van der Waals surface area contributed by atoms with Crippen molar-refractivity contribution in [3.05, 3.63) is 47.5 Å². The highest BCUT2D eigenvalue weighted by molar-refractivity contribution is 7.13.